The molecule has 0 aliphatic rings. The standard InChI is InChI=1S/C11H12N4/c1-8-3-9(4-12)11-14-6-10(5-13-2)15(11)7-8/h3,6-7,13H,5H2,1-2H3. The molecule has 0 amide bonds. The van der Waals surface area contributed by atoms with Crippen LogP contribution in [0.25, 0.3) is 5.65 Å². The first-order chi connectivity index (χ1) is 7.26. The number of aromatic nitrogens is 2. The average Bonchev–Trinajstić information content (AvgIpc) is 2.61. The fraction of sp³-hybridized carbons (Fsp3) is 0.273. The van der Waals surface area contributed by atoms with Crippen molar-refractivity contribution in [1.82, 2.24) is 14.7 Å². The second kappa shape index (κ2) is 3.71. The highest BCUT2D eigenvalue weighted by molar-refractivity contribution is 5.57. The molecule has 0 fully saturated rings. The maximum absolute atomic E-state index is 8.98. The van der Waals surface area contributed by atoms with Gasteiger partial charge in [-0.25, -0.2) is 4.98 Å². The van der Waals surface area contributed by atoms with Gasteiger partial charge in [0.25, 0.3) is 0 Å². The quantitative estimate of drug-likeness (QED) is 0.793. The molecule has 4 nitrogen and oxygen atoms in total. The molecule has 4 heteroatoms. The first-order valence-electron chi connectivity index (χ1n) is 4.77. The van der Waals surface area contributed by atoms with Crippen LogP contribution in [0.3, 0.4) is 0 Å². The van der Waals surface area contributed by atoms with Gasteiger partial charge in [-0.05, 0) is 25.6 Å². The number of hydrogen-bond acceptors (Lipinski definition) is 3. The molecule has 2 heterocycles. The number of rotatable bonds is 2. The van der Waals surface area contributed by atoms with E-state index in [1.54, 1.807) is 6.20 Å². The van der Waals surface area contributed by atoms with E-state index in [1.807, 2.05) is 30.6 Å². The van der Waals surface area contributed by atoms with Crippen molar-refractivity contribution in [2.75, 3.05) is 7.05 Å². The highest BCUT2D eigenvalue weighted by Gasteiger charge is 2.07. The molecule has 0 unspecified atom stereocenters. The van der Waals surface area contributed by atoms with Crippen LogP contribution in [0.2, 0.25) is 0 Å². The molecule has 15 heavy (non-hydrogen) atoms. The Bertz CT molecular complexity index is 533. The number of nitriles is 1. The van der Waals surface area contributed by atoms with Crippen molar-refractivity contribution >= 4 is 5.65 Å². The summed E-state index contributed by atoms with van der Waals surface area (Å²) in [6, 6.07) is 4.02. The van der Waals surface area contributed by atoms with E-state index in [2.05, 4.69) is 16.4 Å². The molecule has 0 spiro atoms. The summed E-state index contributed by atoms with van der Waals surface area (Å²) in [6.07, 6.45) is 3.79. The number of pyridine rings is 1. The van der Waals surface area contributed by atoms with E-state index in [9.17, 15) is 0 Å². The zero-order valence-electron chi connectivity index (χ0n) is 8.78. The van der Waals surface area contributed by atoms with Crippen LogP contribution < -0.4 is 5.32 Å². The van der Waals surface area contributed by atoms with Crippen LogP contribution in [-0.4, -0.2) is 16.4 Å². The lowest BCUT2D eigenvalue weighted by Gasteiger charge is -2.03. The fourth-order valence-corrected chi connectivity index (χ4v) is 1.67. The Morgan fingerprint density at radius 2 is 2.40 bits per heavy atom. The lowest BCUT2D eigenvalue weighted by atomic mass is 10.2. The highest BCUT2D eigenvalue weighted by Crippen LogP contribution is 2.13. The molecule has 2 aromatic heterocycles. The van der Waals surface area contributed by atoms with E-state index >= 15 is 0 Å². The largest absolute Gasteiger partial charge is 0.314 e. The van der Waals surface area contributed by atoms with E-state index in [4.69, 9.17) is 5.26 Å². The van der Waals surface area contributed by atoms with Crippen LogP contribution in [0.5, 0.6) is 0 Å². The van der Waals surface area contributed by atoms with Crippen LogP contribution in [-0.2, 0) is 6.54 Å². The van der Waals surface area contributed by atoms with Gasteiger partial charge >= 0.3 is 0 Å². The van der Waals surface area contributed by atoms with Crippen LogP contribution in [0.15, 0.2) is 18.5 Å². The summed E-state index contributed by atoms with van der Waals surface area (Å²) in [5.74, 6) is 0. The van der Waals surface area contributed by atoms with Crippen molar-refractivity contribution in [3.8, 4) is 6.07 Å². The van der Waals surface area contributed by atoms with E-state index in [0.717, 1.165) is 23.4 Å². The molecule has 0 bridgehead atoms. The van der Waals surface area contributed by atoms with Crippen LogP contribution in [0.1, 0.15) is 16.8 Å². The van der Waals surface area contributed by atoms with E-state index in [0.29, 0.717) is 5.56 Å². The molecule has 0 saturated carbocycles. The third-order valence-electron chi connectivity index (χ3n) is 2.30. The first-order valence-corrected chi connectivity index (χ1v) is 4.77. The summed E-state index contributed by atoms with van der Waals surface area (Å²) in [4.78, 5) is 4.25. The monoisotopic (exact) mass is 200 g/mol. The number of nitrogens with one attached hydrogen (secondary N) is 1. The summed E-state index contributed by atoms with van der Waals surface area (Å²) >= 11 is 0. The smallest absolute Gasteiger partial charge is 0.154 e. The molecule has 1 N–H and O–H groups in total. The minimum absolute atomic E-state index is 0.623. The van der Waals surface area contributed by atoms with Crippen molar-refractivity contribution < 1.29 is 0 Å². The van der Waals surface area contributed by atoms with Crippen molar-refractivity contribution in [3.05, 3.63) is 35.3 Å². The molecule has 0 atom stereocenters. The molecule has 2 rings (SSSR count). The maximum Gasteiger partial charge on any atom is 0.154 e. The Morgan fingerprint density at radius 3 is 3.07 bits per heavy atom. The fourth-order valence-electron chi connectivity index (χ4n) is 1.67. The Morgan fingerprint density at radius 1 is 1.60 bits per heavy atom. The third kappa shape index (κ3) is 1.58. The van der Waals surface area contributed by atoms with Crippen molar-refractivity contribution in [1.29, 1.82) is 5.26 Å². The Hall–Kier alpha value is -1.86. The van der Waals surface area contributed by atoms with Gasteiger partial charge in [0.05, 0.1) is 17.5 Å². The number of fused-ring (bicyclic) bond motifs is 1. The van der Waals surface area contributed by atoms with E-state index < -0.39 is 0 Å². The van der Waals surface area contributed by atoms with Gasteiger partial charge in [0, 0.05) is 12.7 Å². The molecule has 0 aliphatic heterocycles. The van der Waals surface area contributed by atoms with E-state index in [-0.39, 0.29) is 0 Å². The highest BCUT2D eigenvalue weighted by atomic mass is 15.0. The zero-order chi connectivity index (χ0) is 10.8. The van der Waals surface area contributed by atoms with Crippen molar-refractivity contribution in [2.24, 2.45) is 0 Å². The second-order valence-corrected chi connectivity index (χ2v) is 3.52. The Labute approximate surface area is 88.2 Å². The van der Waals surface area contributed by atoms with Gasteiger partial charge in [0.2, 0.25) is 0 Å². The van der Waals surface area contributed by atoms with E-state index in [1.165, 1.54) is 0 Å². The van der Waals surface area contributed by atoms with Crippen LogP contribution in [0, 0.1) is 18.3 Å². The number of nitrogens with zero attached hydrogens (tertiary/aromatic N) is 3. The molecular weight excluding hydrogens is 188 g/mol. The summed E-state index contributed by atoms with van der Waals surface area (Å²) in [5, 5.41) is 12.1. The minimum atomic E-state index is 0.623. The van der Waals surface area contributed by atoms with Crippen molar-refractivity contribution in [2.45, 2.75) is 13.5 Å². The first kappa shape index (κ1) is 9.69. The minimum Gasteiger partial charge on any atom is -0.314 e. The van der Waals surface area contributed by atoms with Gasteiger partial charge in [-0.15, -0.1) is 0 Å². The summed E-state index contributed by atoms with van der Waals surface area (Å²) in [5.41, 5.74) is 3.48. The van der Waals surface area contributed by atoms with Crippen molar-refractivity contribution in [3.63, 3.8) is 0 Å². The average molecular weight is 200 g/mol. The van der Waals surface area contributed by atoms with Gasteiger partial charge in [0.1, 0.15) is 6.07 Å². The second-order valence-electron chi connectivity index (χ2n) is 3.52. The normalized spacial score (nSPS) is 10.5. The summed E-state index contributed by atoms with van der Waals surface area (Å²) < 4.78 is 1.96. The lowest BCUT2D eigenvalue weighted by molar-refractivity contribution is 0.781. The zero-order valence-corrected chi connectivity index (χ0v) is 8.78. The Kier molecular flexibility index (Phi) is 2.40. The summed E-state index contributed by atoms with van der Waals surface area (Å²) in [7, 11) is 1.89. The number of aryl methyl sites for hydroxylation is 1. The van der Waals surface area contributed by atoms with Gasteiger partial charge in [0.15, 0.2) is 5.65 Å². The third-order valence-corrected chi connectivity index (χ3v) is 2.30. The number of imidazole rings is 1. The molecule has 0 aliphatic carbocycles. The predicted molar refractivity (Wildman–Crippen MR) is 57.4 cm³/mol. The van der Waals surface area contributed by atoms with Gasteiger partial charge in [-0.1, -0.05) is 0 Å². The van der Waals surface area contributed by atoms with Gasteiger partial charge in [-0.2, -0.15) is 5.26 Å². The van der Waals surface area contributed by atoms with Crippen LogP contribution >= 0.6 is 0 Å². The molecule has 0 aromatic carbocycles. The molecular formula is C11H12N4. The SMILES string of the molecule is CNCc1cnc2c(C#N)cc(C)cn12. The van der Waals surface area contributed by atoms with Gasteiger partial charge in [-0.3, -0.25) is 0 Å². The molecule has 2 aromatic rings. The summed E-state index contributed by atoms with van der Waals surface area (Å²) in [6.45, 7) is 2.72. The lowest BCUT2D eigenvalue weighted by Crippen LogP contribution is -2.07. The molecule has 76 valence electrons. The maximum atomic E-state index is 8.98. The predicted octanol–water partition coefficient (Wildman–Crippen LogP) is 1.23. The Balaban J connectivity index is 2.71. The topological polar surface area (TPSA) is 53.1 Å². The molecule has 0 radical (unpaired) electrons. The molecule has 0 saturated heterocycles. The van der Waals surface area contributed by atoms with Crippen LogP contribution in [0.4, 0.5) is 0 Å². The number of hydrogen-bond donors (Lipinski definition) is 1. The van der Waals surface area contributed by atoms with Gasteiger partial charge < -0.3 is 9.72 Å².